The van der Waals surface area contributed by atoms with Crippen LogP contribution in [-0.2, 0) is 0 Å². The highest BCUT2D eigenvalue weighted by Crippen LogP contribution is 2.33. The van der Waals surface area contributed by atoms with Crippen LogP contribution < -0.4 is 0 Å². The minimum Gasteiger partial charge on any atom is -0.386 e. The highest BCUT2D eigenvalue weighted by Gasteiger charge is 2.23. The number of hydrogen-bond donors (Lipinski definition) is 1. The molecular formula is C27H23NO. The summed E-state index contributed by atoms with van der Waals surface area (Å²) < 4.78 is 0. The first-order valence-corrected chi connectivity index (χ1v) is 9.79. The third-order valence-corrected chi connectivity index (χ3v) is 4.94. The van der Waals surface area contributed by atoms with Gasteiger partial charge in [0.05, 0.1) is 5.71 Å². The summed E-state index contributed by atoms with van der Waals surface area (Å²) in [6.07, 6.45) is -0.749. The van der Waals surface area contributed by atoms with Gasteiger partial charge in [-0.2, -0.15) is 0 Å². The van der Waals surface area contributed by atoms with E-state index in [1.54, 1.807) is 0 Å². The molecule has 0 aromatic heterocycles. The van der Waals surface area contributed by atoms with Gasteiger partial charge in [-0.3, -0.25) is 4.99 Å². The van der Waals surface area contributed by atoms with Crippen molar-refractivity contribution < 1.29 is 5.11 Å². The number of hydrogen-bond acceptors (Lipinski definition) is 2. The molecule has 0 unspecified atom stereocenters. The maximum Gasteiger partial charge on any atom is 0.106 e. The average Bonchev–Trinajstić information content (AvgIpc) is 2.82. The molecule has 2 atom stereocenters. The van der Waals surface area contributed by atoms with Gasteiger partial charge in [-0.1, -0.05) is 121 Å². The number of aliphatic hydroxyl groups excluding tert-OH is 1. The number of benzene rings is 4. The molecule has 0 heterocycles. The Labute approximate surface area is 171 Å². The molecule has 0 spiro atoms. The number of aliphatic imine (C=N–C) groups is 1. The van der Waals surface area contributed by atoms with Crippen molar-refractivity contribution >= 4 is 5.71 Å². The summed E-state index contributed by atoms with van der Waals surface area (Å²) in [4.78, 5) is 5.13. The maximum absolute atomic E-state index is 11.3. The molecule has 0 aliphatic carbocycles. The number of rotatable bonds is 6. The highest BCUT2D eigenvalue weighted by molar-refractivity contribution is 6.13. The predicted octanol–water partition coefficient (Wildman–Crippen LogP) is 6.00. The molecule has 29 heavy (non-hydrogen) atoms. The van der Waals surface area contributed by atoms with Gasteiger partial charge in [-0.25, -0.2) is 0 Å². The molecule has 0 radical (unpaired) electrons. The largest absolute Gasteiger partial charge is 0.386 e. The van der Waals surface area contributed by atoms with Gasteiger partial charge < -0.3 is 5.11 Å². The van der Waals surface area contributed by atoms with Crippen LogP contribution in [0, 0.1) is 0 Å². The van der Waals surface area contributed by atoms with Crippen LogP contribution in [0.2, 0.25) is 0 Å². The van der Waals surface area contributed by atoms with Crippen molar-refractivity contribution in [2.75, 3.05) is 0 Å². The molecule has 0 amide bonds. The zero-order chi connectivity index (χ0) is 19.9. The van der Waals surface area contributed by atoms with Crippen molar-refractivity contribution in [1.29, 1.82) is 0 Å². The lowest BCUT2D eigenvalue weighted by atomic mass is 9.95. The summed E-state index contributed by atoms with van der Waals surface area (Å²) >= 11 is 0. The fraction of sp³-hybridized carbons (Fsp3) is 0.0741. The number of nitrogens with zero attached hydrogens (tertiary/aromatic N) is 1. The van der Waals surface area contributed by atoms with E-state index in [2.05, 4.69) is 24.3 Å². The van der Waals surface area contributed by atoms with Crippen LogP contribution in [0.3, 0.4) is 0 Å². The zero-order valence-corrected chi connectivity index (χ0v) is 16.1. The second-order valence-electron chi connectivity index (χ2n) is 6.92. The Hall–Kier alpha value is -3.49. The quantitative estimate of drug-likeness (QED) is 0.411. The monoisotopic (exact) mass is 377 g/mol. The molecule has 1 N–H and O–H groups in total. The van der Waals surface area contributed by atoms with E-state index < -0.39 is 12.1 Å². The summed E-state index contributed by atoms with van der Waals surface area (Å²) in [5, 5.41) is 11.3. The van der Waals surface area contributed by atoms with Crippen molar-refractivity contribution in [1.82, 2.24) is 0 Å². The SMILES string of the molecule is O[C@@H](c1ccccc1)[C@H](N=C(c1ccccc1)c1ccccc1)c1ccccc1. The fourth-order valence-electron chi connectivity index (χ4n) is 3.46. The van der Waals surface area contributed by atoms with E-state index in [4.69, 9.17) is 4.99 Å². The van der Waals surface area contributed by atoms with E-state index >= 15 is 0 Å². The molecule has 2 nitrogen and oxygen atoms in total. The summed E-state index contributed by atoms with van der Waals surface area (Å²) in [6.45, 7) is 0. The molecular weight excluding hydrogens is 354 g/mol. The zero-order valence-electron chi connectivity index (χ0n) is 16.1. The lowest BCUT2D eigenvalue weighted by Crippen LogP contribution is -2.13. The molecule has 0 saturated carbocycles. The van der Waals surface area contributed by atoms with E-state index in [0.29, 0.717) is 0 Å². The van der Waals surface area contributed by atoms with Gasteiger partial charge in [0.2, 0.25) is 0 Å². The second-order valence-corrected chi connectivity index (χ2v) is 6.92. The van der Waals surface area contributed by atoms with Crippen molar-refractivity contribution in [2.45, 2.75) is 12.1 Å². The third-order valence-electron chi connectivity index (χ3n) is 4.94. The summed E-state index contributed by atoms with van der Waals surface area (Å²) in [6, 6.07) is 39.6. The normalized spacial score (nSPS) is 12.7. The van der Waals surface area contributed by atoms with E-state index in [-0.39, 0.29) is 0 Å². The molecule has 0 aliphatic rings. The predicted molar refractivity (Wildman–Crippen MR) is 119 cm³/mol. The van der Waals surface area contributed by atoms with Crippen molar-refractivity contribution in [3.8, 4) is 0 Å². The van der Waals surface area contributed by atoms with Gasteiger partial charge >= 0.3 is 0 Å². The molecule has 2 heteroatoms. The molecule has 4 rings (SSSR count). The Kier molecular flexibility index (Phi) is 5.94. The van der Waals surface area contributed by atoms with E-state index in [0.717, 1.165) is 28.0 Å². The minimum absolute atomic E-state index is 0.422. The summed E-state index contributed by atoms with van der Waals surface area (Å²) in [5.74, 6) is 0. The van der Waals surface area contributed by atoms with Crippen LogP contribution in [0.15, 0.2) is 126 Å². The summed E-state index contributed by atoms with van der Waals surface area (Å²) in [7, 11) is 0. The molecule has 4 aromatic carbocycles. The maximum atomic E-state index is 11.3. The molecule has 0 saturated heterocycles. The summed E-state index contributed by atoms with van der Waals surface area (Å²) in [5.41, 5.74) is 4.76. The molecule has 0 aliphatic heterocycles. The molecule has 4 aromatic rings. The van der Waals surface area contributed by atoms with Crippen LogP contribution in [0.5, 0.6) is 0 Å². The molecule has 142 valence electrons. The van der Waals surface area contributed by atoms with Crippen molar-refractivity contribution in [3.63, 3.8) is 0 Å². The Morgan fingerprint density at radius 3 is 1.34 bits per heavy atom. The topological polar surface area (TPSA) is 32.6 Å². The van der Waals surface area contributed by atoms with Gasteiger partial charge in [0, 0.05) is 11.1 Å². The first kappa shape index (κ1) is 18.9. The first-order valence-electron chi connectivity index (χ1n) is 9.79. The van der Waals surface area contributed by atoms with Crippen molar-refractivity contribution in [2.24, 2.45) is 4.99 Å². The van der Waals surface area contributed by atoms with Gasteiger partial charge in [0.25, 0.3) is 0 Å². The van der Waals surface area contributed by atoms with Crippen molar-refractivity contribution in [3.05, 3.63) is 144 Å². The van der Waals surface area contributed by atoms with Gasteiger partial charge in [0.15, 0.2) is 0 Å². The fourth-order valence-corrected chi connectivity index (χ4v) is 3.46. The third kappa shape index (κ3) is 4.50. The number of aliphatic hydroxyl groups is 1. The Bertz CT molecular complexity index is 1000. The average molecular weight is 377 g/mol. The van der Waals surface area contributed by atoms with Crippen LogP contribution in [0.4, 0.5) is 0 Å². The van der Waals surface area contributed by atoms with Gasteiger partial charge in [-0.05, 0) is 11.1 Å². The van der Waals surface area contributed by atoms with E-state index in [1.165, 1.54) is 0 Å². The Morgan fingerprint density at radius 2 is 0.897 bits per heavy atom. The molecule has 0 bridgehead atoms. The van der Waals surface area contributed by atoms with Gasteiger partial charge in [-0.15, -0.1) is 0 Å². The lowest BCUT2D eigenvalue weighted by Gasteiger charge is -2.22. The highest BCUT2D eigenvalue weighted by atomic mass is 16.3. The molecule has 0 fully saturated rings. The van der Waals surface area contributed by atoms with Crippen LogP contribution >= 0.6 is 0 Å². The smallest absolute Gasteiger partial charge is 0.106 e. The van der Waals surface area contributed by atoms with E-state index in [9.17, 15) is 5.11 Å². The van der Waals surface area contributed by atoms with Crippen LogP contribution in [-0.4, -0.2) is 10.8 Å². The van der Waals surface area contributed by atoms with Crippen LogP contribution in [0.25, 0.3) is 0 Å². The second kappa shape index (κ2) is 9.13. The lowest BCUT2D eigenvalue weighted by molar-refractivity contribution is 0.148. The first-order chi connectivity index (χ1) is 14.3. The van der Waals surface area contributed by atoms with E-state index in [1.807, 2.05) is 97.1 Å². The Morgan fingerprint density at radius 1 is 0.517 bits per heavy atom. The Balaban J connectivity index is 1.86. The standard InChI is InChI=1S/C27H23NO/c29-27(24-19-11-4-12-20-24)26(23-17-9-3-10-18-23)28-25(21-13-5-1-6-14-21)22-15-7-2-8-16-22/h1-20,26-27,29H/t26-,27+/m1/s1. The minimum atomic E-state index is -0.749. The van der Waals surface area contributed by atoms with Gasteiger partial charge in [0.1, 0.15) is 12.1 Å². The van der Waals surface area contributed by atoms with Crippen LogP contribution in [0.1, 0.15) is 34.4 Å².